The van der Waals surface area contributed by atoms with Crippen LogP contribution in [0, 0.1) is 10.1 Å². The molecule has 2 aliphatic rings. The lowest BCUT2D eigenvalue weighted by Crippen LogP contribution is -2.52. The summed E-state index contributed by atoms with van der Waals surface area (Å²) in [4.78, 5) is 46.6. The fraction of sp³-hybridized carbons (Fsp3) is 0.400. The second-order valence-corrected chi connectivity index (χ2v) is 5.71. The Morgan fingerprint density at radius 2 is 2.17 bits per heavy atom. The Bertz CT molecular complexity index is 694. The van der Waals surface area contributed by atoms with E-state index in [4.69, 9.17) is 0 Å². The van der Waals surface area contributed by atoms with Crippen LogP contribution in [0.15, 0.2) is 18.2 Å². The molecule has 0 spiro atoms. The maximum absolute atomic E-state index is 12.5. The van der Waals surface area contributed by atoms with Crippen LogP contribution in [0.2, 0.25) is 0 Å². The van der Waals surface area contributed by atoms with Gasteiger partial charge in [0.1, 0.15) is 0 Å². The summed E-state index contributed by atoms with van der Waals surface area (Å²) in [5.74, 6) is -0.717. The predicted octanol–water partition coefficient (Wildman–Crippen LogP) is 0.439. The van der Waals surface area contributed by atoms with E-state index in [0.29, 0.717) is 36.8 Å². The number of nitro benzene ring substituents is 1. The number of aldehydes is 1. The van der Waals surface area contributed by atoms with Crippen molar-refractivity contribution in [2.75, 3.05) is 6.54 Å². The first-order valence-electron chi connectivity index (χ1n) is 7.32. The first-order chi connectivity index (χ1) is 11.0. The van der Waals surface area contributed by atoms with Crippen LogP contribution < -0.4 is 5.32 Å². The largest absolute Gasteiger partial charge is 0.330 e. The number of fused-ring (bicyclic) bond motifs is 1. The molecule has 0 radical (unpaired) electrons. The minimum Gasteiger partial charge on any atom is -0.330 e. The van der Waals surface area contributed by atoms with E-state index in [2.05, 4.69) is 5.32 Å². The van der Waals surface area contributed by atoms with Crippen molar-refractivity contribution in [2.45, 2.75) is 31.5 Å². The second-order valence-electron chi connectivity index (χ2n) is 5.71. The summed E-state index contributed by atoms with van der Waals surface area (Å²) in [5, 5.41) is 14.1. The zero-order valence-corrected chi connectivity index (χ0v) is 12.2. The van der Waals surface area contributed by atoms with Gasteiger partial charge in [-0.25, -0.2) is 0 Å². The molecule has 2 aliphatic heterocycles. The van der Waals surface area contributed by atoms with Crippen LogP contribution in [0.4, 0.5) is 5.69 Å². The van der Waals surface area contributed by atoms with Gasteiger partial charge in [0.05, 0.1) is 28.6 Å². The van der Waals surface area contributed by atoms with Gasteiger partial charge in [-0.15, -0.1) is 0 Å². The molecule has 8 nitrogen and oxygen atoms in total. The molecule has 0 aromatic heterocycles. The van der Waals surface area contributed by atoms with Gasteiger partial charge in [0.25, 0.3) is 11.6 Å². The van der Waals surface area contributed by atoms with Gasteiger partial charge >= 0.3 is 0 Å². The molecule has 0 saturated carbocycles. The third-order valence-corrected chi connectivity index (χ3v) is 4.46. The molecule has 1 saturated heterocycles. The molecule has 0 bridgehead atoms. The van der Waals surface area contributed by atoms with Gasteiger partial charge in [-0.1, -0.05) is 6.07 Å². The number of hydrogen-bond donors (Lipinski definition) is 1. The number of ketones is 1. The summed E-state index contributed by atoms with van der Waals surface area (Å²) in [6.45, 7) is 0.585. The highest BCUT2D eigenvalue weighted by molar-refractivity contribution is 6.27. The van der Waals surface area contributed by atoms with Crippen LogP contribution in [0.25, 0.3) is 0 Å². The molecular formula is C15H15N3O5. The standard InChI is InChI=1S/C15H15N3O5/c19-8-14(20)12-5-4-9(6-16-12)17-7-11-10(15(17)21)2-1-3-13(11)18(22)23/h1-3,8-9,12,16H,4-7H2. The van der Waals surface area contributed by atoms with Gasteiger partial charge < -0.3 is 10.2 Å². The van der Waals surface area contributed by atoms with Crippen molar-refractivity contribution < 1.29 is 19.3 Å². The highest BCUT2D eigenvalue weighted by atomic mass is 16.6. The predicted molar refractivity (Wildman–Crippen MR) is 78.9 cm³/mol. The number of nitro groups is 1. The average molecular weight is 317 g/mol. The van der Waals surface area contributed by atoms with E-state index in [1.807, 2.05) is 0 Å². The average Bonchev–Trinajstić information content (AvgIpc) is 2.91. The molecule has 120 valence electrons. The summed E-state index contributed by atoms with van der Waals surface area (Å²) < 4.78 is 0. The number of hydrogen-bond acceptors (Lipinski definition) is 6. The minimum absolute atomic E-state index is 0.0453. The number of carbonyl (C=O) groups is 3. The highest BCUT2D eigenvalue weighted by Crippen LogP contribution is 2.33. The first-order valence-corrected chi connectivity index (χ1v) is 7.32. The summed E-state index contributed by atoms with van der Waals surface area (Å²) >= 11 is 0. The SMILES string of the molecule is O=CC(=O)C1CCC(N2Cc3c(cccc3[N+](=O)[O-])C2=O)CN1. The summed E-state index contributed by atoms with van der Waals surface area (Å²) in [5.41, 5.74) is 0.759. The molecule has 0 aliphatic carbocycles. The summed E-state index contributed by atoms with van der Waals surface area (Å²) in [6.07, 6.45) is 1.34. The molecule has 2 atom stereocenters. The lowest BCUT2D eigenvalue weighted by atomic mass is 9.97. The van der Waals surface area contributed by atoms with E-state index in [0.717, 1.165) is 0 Å². The number of amides is 1. The Hall–Kier alpha value is -2.61. The van der Waals surface area contributed by atoms with Gasteiger partial charge in [-0.2, -0.15) is 0 Å². The summed E-state index contributed by atoms with van der Waals surface area (Å²) in [6, 6.07) is 3.85. The number of Topliss-reactive ketones (excluding diaryl/α,β-unsaturated/α-hetero) is 1. The number of rotatable bonds is 4. The second kappa shape index (κ2) is 5.88. The van der Waals surface area contributed by atoms with Gasteiger partial charge in [0, 0.05) is 18.7 Å². The topological polar surface area (TPSA) is 110 Å². The number of nitrogens with zero attached hydrogens (tertiary/aromatic N) is 2. The number of nitrogens with one attached hydrogen (secondary N) is 1. The molecule has 2 heterocycles. The van der Waals surface area contributed by atoms with Crippen LogP contribution in [0.3, 0.4) is 0 Å². The van der Waals surface area contributed by atoms with Crippen molar-refractivity contribution in [1.29, 1.82) is 0 Å². The molecule has 1 N–H and O–H groups in total. The van der Waals surface area contributed by atoms with E-state index in [9.17, 15) is 24.5 Å². The van der Waals surface area contributed by atoms with Gasteiger partial charge in [-0.3, -0.25) is 24.5 Å². The van der Waals surface area contributed by atoms with Crippen LogP contribution in [-0.2, 0) is 16.1 Å². The van der Waals surface area contributed by atoms with E-state index in [1.165, 1.54) is 12.1 Å². The third-order valence-electron chi connectivity index (χ3n) is 4.46. The Balaban J connectivity index is 1.76. The lowest BCUT2D eigenvalue weighted by Gasteiger charge is -2.34. The smallest absolute Gasteiger partial charge is 0.275 e. The number of piperidine rings is 1. The maximum Gasteiger partial charge on any atom is 0.275 e. The molecule has 1 aromatic rings. The third kappa shape index (κ3) is 2.61. The van der Waals surface area contributed by atoms with Crippen LogP contribution in [0.1, 0.15) is 28.8 Å². The van der Waals surface area contributed by atoms with E-state index in [1.54, 1.807) is 11.0 Å². The van der Waals surface area contributed by atoms with Crippen molar-refractivity contribution in [1.82, 2.24) is 10.2 Å². The Kier molecular flexibility index (Phi) is 3.91. The van der Waals surface area contributed by atoms with E-state index < -0.39 is 16.7 Å². The summed E-state index contributed by atoms with van der Waals surface area (Å²) in [7, 11) is 0. The molecule has 1 fully saturated rings. The normalized spacial score (nSPS) is 23.5. The fourth-order valence-electron chi connectivity index (χ4n) is 3.24. The monoisotopic (exact) mass is 317 g/mol. The van der Waals surface area contributed by atoms with Crippen molar-refractivity contribution in [3.63, 3.8) is 0 Å². The molecular weight excluding hydrogens is 302 g/mol. The molecule has 3 rings (SSSR count). The van der Waals surface area contributed by atoms with Gasteiger partial charge in [0.15, 0.2) is 6.29 Å². The Morgan fingerprint density at radius 3 is 2.78 bits per heavy atom. The molecule has 8 heteroatoms. The molecule has 23 heavy (non-hydrogen) atoms. The molecule has 1 amide bonds. The van der Waals surface area contributed by atoms with Crippen molar-refractivity contribution in [3.05, 3.63) is 39.4 Å². The van der Waals surface area contributed by atoms with Crippen LogP contribution >= 0.6 is 0 Å². The zero-order chi connectivity index (χ0) is 16.6. The maximum atomic E-state index is 12.5. The quantitative estimate of drug-likeness (QED) is 0.373. The minimum atomic E-state index is -0.502. The van der Waals surface area contributed by atoms with Gasteiger partial charge in [-0.05, 0) is 18.9 Å². The fourth-order valence-corrected chi connectivity index (χ4v) is 3.24. The number of carbonyl (C=O) groups excluding carboxylic acids is 3. The van der Waals surface area contributed by atoms with Crippen molar-refractivity contribution in [2.24, 2.45) is 0 Å². The van der Waals surface area contributed by atoms with Crippen LogP contribution in [0.5, 0.6) is 0 Å². The van der Waals surface area contributed by atoms with E-state index in [-0.39, 0.29) is 24.2 Å². The van der Waals surface area contributed by atoms with E-state index >= 15 is 0 Å². The van der Waals surface area contributed by atoms with Crippen LogP contribution in [-0.4, -0.2) is 46.4 Å². The lowest BCUT2D eigenvalue weighted by molar-refractivity contribution is -0.385. The van der Waals surface area contributed by atoms with Crippen molar-refractivity contribution in [3.8, 4) is 0 Å². The van der Waals surface area contributed by atoms with Crippen molar-refractivity contribution >= 4 is 23.7 Å². The molecule has 2 unspecified atom stereocenters. The highest BCUT2D eigenvalue weighted by Gasteiger charge is 2.38. The first kappa shape index (κ1) is 15.3. The number of benzene rings is 1. The molecule has 1 aromatic carbocycles. The Labute approximate surface area is 131 Å². The Morgan fingerprint density at radius 1 is 1.39 bits per heavy atom. The van der Waals surface area contributed by atoms with Gasteiger partial charge in [0.2, 0.25) is 5.78 Å². The zero-order valence-electron chi connectivity index (χ0n) is 12.2.